The molecule has 1 aromatic heterocycles. The lowest BCUT2D eigenvalue weighted by Gasteiger charge is -2.00. The van der Waals surface area contributed by atoms with Crippen molar-refractivity contribution >= 4 is 6.29 Å². The first-order chi connectivity index (χ1) is 7.29. The lowest BCUT2D eigenvalue weighted by atomic mass is 10.2. The van der Waals surface area contributed by atoms with Crippen LogP contribution in [-0.2, 0) is 11.2 Å². The van der Waals surface area contributed by atoms with Crippen LogP contribution in [-0.4, -0.2) is 16.1 Å². The summed E-state index contributed by atoms with van der Waals surface area (Å²) in [4.78, 5) is 10.3. The molecule has 0 saturated heterocycles. The van der Waals surface area contributed by atoms with E-state index in [4.69, 9.17) is 0 Å². The molecule has 1 aromatic carbocycles. The molecule has 0 N–H and O–H groups in total. The Morgan fingerprint density at radius 1 is 1.33 bits per heavy atom. The number of carbonyl (C=O) groups excluding carboxylic acids is 1. The van der Waals surface area contributed by atoms with Gasteiger partial charge >= 0.3 is 0 Å². The van der Waals surface area contributed by atoms with Gasteiger partial charge in [-0.3, -0.25) is 0 Å². The summed E-state index contributed by atoms with van der Waals surface area (Å²) in [6, 6.07) is 8.09. The first-order valence-corrected chi connectivity index (χ1v) is 4.84. The van der Waals surface area contributed by atoms with Crippen LogP contribution in [0.25, 0.3) is 5.69 Å². The van der Waals surface area contributed by atoms with E-state index < -0.39 is 0 Å². The van der Waals surface area contributed by atoms with E-state index in [2.05, 4.69) is 5.10 Å². The number of carbonyl (C=O) groups is 1. The second-order valence-electron chi connectivity index (χ2n) is 3.50. The van der Waals surface area contributed by atoms with E-state index in [-0.39, 0.29) is 0 Å². The Balaban J connectivity index is 2.28. The van der Waals surface area contributed by atoms with E-state index in [0.717, 1.165) is 17.5 Å². The van der Waals surface area contributed by atoms with Gasteiger partial charge in [-0.05, 0) is 24.6 Å². The van der Waals surface area contributed by atoms with Crippen molar-refractivity contribution in [3.63, 3.8) is 0 Å². The van der Waals surface area contributed by atoms with Gasteiger partial charge in [-0.1, -0.05) is 17.7 Å². The van der Waals surface area contributed by atoms with E-state index in [1.807, 2.05) is 37.4 Å². The Kier molecular flexibility index (Phi) is 2.63. The fourth-order valence-electron chi connectivity index (χ4n) is 1.40. The quantitative estimate of drug-likeness (QED) is 0.709. The summed E-state index contributed by atoms with van der Waals surface area (Å²) in [5, 5.41) is 4.19. The van der Waals surface area contributed by atoms with Gasteiger partial charge in [0.05, 0.1) is 11.9 Å². The molecule has 0 radical (unpaired) electrons. The van der Waals surface area contributed by atoms with Gasteiger partial charge in [0, 0.05) is 12.6 Å². The average Bonchev–Trinajstić information content (AvgIpc) is 2.68. The highest BCUT2D eigenvalue weighted by molar-refractivity contribution is 5.54. The number of aldehydes is 1. The molecule has 0 unspecified atom stereocenters. The second kappa shape index (κ2) is 4.09. The zero-order valence-electron chi connectivity index (χ0n) is 8.55. The molecule has 3 nitrogen and oxygen atoms in total. The molecule has 0 aliphatic rings. The van der Waals surface area contributed by atoms with Gasteiger partial charge in [-0.15, -0.1) is 0 Å². The number of hydrogen-bond donors (Lipinski definition) is 0. The Morgan fingerprint density at radius 2 is 2.07 bits per heavy atom. The monoisotopic (exact) mass is 200 g/mol. The van der Waals surface area contributed by atoms with Crippen LogP contribution in [0.15, 0.2) is 36.7 Å². The highest BCUT2D eigenvalue weighted by Crippen LogP contribution is 2.09. The standard InChI is InChI=1S/C12H12N2O/c1-10-2-4-12(5-3-10)14-9-11(6-7-15)8-13-14/h2-5,7-9H,6H2,1H3. The largest absolute Gasteiger partial charge is 0.303 e. The van der Waals surface area contributed by atoms with Crippen molar-refractivity contribution in [3.8, 4) is 5.69 Å². The Labute approximate surface area is 88.4 Å². The van der Waals surface area contributed by atoms with Crippen molar-refractivity contribution in [1.29, 1.82) is 0 Å². The molecule has 15 heavy (non-hydrogen) atoms. The first kappa shape index (κ1) is 9.65. The molecular weight excluding hydrogens is 188 g/mol. The lowest BCUT2D eigenvalue weighted by molar-refractivity contribution is -0.107. The molecule has 0 aliphatic carbocycles. The summed E-state index contributed by atoms with van der Waals surface area (Å²) in [5.74, 6) is 0. The second-order valence-corrected chi connectivity index (χ2v) is 3.50. The fraction of sp³-hybridized carbons (Fsp3) is 0.167. The van der Waals surface area contributed by atoms with Gasteiger partial charge in [-0.25, -0.2) is 4.68 Å². The molecule has 0 amide bonds. The van der Waals surface area contributed by atoms with Gasteiger partial charge in [-0.2, -0.15) is 5.10 Å². The predicted octanol–water partition coefficient (Wildman–Crippen LogP) is 1.92. The van der Waals surface area contributed by atoms with Crippen LogP contribution < -0.4 is 0 Å². The zero-order chi connectivity index (χ0) is 10.7. The Bertz CT molecular complexity index is 457. The lowest BCUT2D eigenvalue weighted by Crippen LogP contribution is -1.93. The molecule has 0 fully saturated rings. The third-order valence-electron chi connectivity index (χ3n) is 2.25. The zero-order valence-corrected chi connectivity index (χ0v) is 8.55. The van der Waals surface area contributed by atoms with Crippen LogP contribution in [0.4, 0.5) is 0 Å². The van der Waals surface area contributed by atoms with Crippen LogP contribution in [0.2, 0.25) is 0 Å². The molecule has 2 rings (SSSR count). The molecule has 2 aromatic rings. The van der Waals surface area contributed by atoms with Crippen LogP contribution in [0, 0.1) is 6.92 Å². The normalized spacial score (nSPS) is 10.2. The number of nitrogens with zero attached hydrogens (tertiary/aromatic N) is 2. The smallest absolute Gasteiger partial charge is 0.124 e. The summed E-state index contributed by atoms with van der Waals surface area (Å²) < 4.78 is 1.78. The van der Waals surface area contributed by atoms with E-state index in [1.54, 1.807) is 10.9 Å². The number of benzene rings is 1. The average molecular weight is 200 g/mol. The third-order valence-corrected chi connectivity index (χ3v) is 2.25. The van der Waals surface area contributed by atoms with Gasteiger partial charge in [0.2, 0.25) is 0 Å². The number of aryl methyl sites for hydroxylation is 1. The molecular formula is C12H12N2O. The van der Waals surface area contributed by atoms with Crippen molar-refractivity contribution in [3.05, 3.63) is 47.8 Å². The first-order valence-electron chi connectivity index (χ1n) is 4.84. The van der Waals surface area contributed by atoms with E-state index >= 15 is 0 Å². The molecule has 1 heterocycles. The van der Waals surface area contributed by atoms with Gasteiger partial charge in [0.15, 0.2) is 0 Å². The Hall–Kier alpha value is -1.90. The van der Waals surface area contributed by atoms with Crippen LogP contribution in [0.5, 0.6) is 0 Å². The minimum atomic E-state index is 0.422. The molecule has 0 spiro atoms. The van der Waals surface area contributed by atoms with Crippen LogP contribution in [0.3, 0.4) is 0 Å². The molecule has 76 valence electrons. The maximum Gasteiger partial charge on any atom is 0.124 e. The maximum atomic E-state index is 10.3. The number of hydrogen-bond acceptors (Lipinski definition) is 2. The molecule has 0 atom stereocenters. The van der Waals surface area contributed by atoms with Gasteiger partial charge in [0.1, 0.15) is 6.29 Å². The van der Waals surface area contributed by atoms with Crippen molar-refractivity contribution in [2.75, 3.05) is 0 Å². The van der Waals surface area contributed by atoms with Crippen molar-refractivity contribution in [1.82, 2.24) is 9.78 Å². The third kappa shape index (κ3) is 2.13. The summed E-state index contributed by atoms with van der Waals surface area (Å²) in [5.41, 5.74) is 3.17. The number of rotatable bonds is 3. The molecule has 3 heteroatoms. The summed E-state index contributed by atoms with van der Waals surface area (Å²) >= 11 is 0. The van der Waals surface area contributed by atoms with Crippen LogP contribution in [0.1, 0.15) is 11.1 Å². The van der Waals surface area contributed by atoms with Crippen molar-refractivity contribution < 1.29 is 4.79 Å². The van der Waals surface area contributed by atoms with E-state index in [9.17, 15) is 4.79 Å². The predicted molar refractivity (Wildman–Crippen MR) is 58.1 cm³/mol. The van der Waals surface area contributed by atoms with Crippen molar-refractivity contribution in [2.45, 2.75) is 13.3 Å². The molecule has 0 aliphatic heterocycles. The highest BCUT2D eigenvalue weighted by atomic mass is 16.1. The van der Waals surface area contributed by atoms with Crippen molar-refractivity contribution in [2.24, 2.45) is 0 Å². The maximum absolute atomic E-state index is 10.3. The molecule has 0 bridgehead atoms. The van der Waals surface area contributed by atoms with Crippen LogP contribution >= 0.6 is 0 Å². The Morgan fingerprint density at radius 3 is 2.73 bits per heavy atom. The topological polar surface area (TPSA) is 34.9 Å². The SMILES string of the molecule is Cc1ccc(-n2cc(CC=O)cn2)cc1. The fourth-order valence-corrected chi connectivity index (χ4v) is 1.40. The summed E-state index contributed by atoms with van der Waals surface area (Å²) in [7, 11) is 0. The molecule has 0 saturated carbocycles. The minimum Gasteiger partial charge on any atom is -0.303 e. The highest BCUT2D eigenvalue weighted by Gasteiger charge is 1.99. The van der Waals surface area contributed by atoms with E-state index in [0.29, 0.717) is 6.42 Å². The van der Waals surface area contributed by atoms with Gasteiger partial charge < -0.3 is 4.79 Å². The minimum absolute atomic E-state index is 0.422. The summed E-state index contributed by atoms with van der Waals surface area (Å²) in [6.07, 6.45) is 4.90. The number of aromatic nitrogens is 2. The summed E-state index contributed by atoms with van der Waals surface area (Å²) in [6.45, 7) is 2.05. The van der Waals surface area contributed by atoms with Gasteiger partial charge in [0.25, 0.3) is 0 Å². The van der Waals surface area contributed by atoms with E-state index in [1.165, 1.54) is 5.56 Å².